The molecule has 2 saturated heterocycles. The molecule has 1 aromatic rings. The molecule has 1 aromatic carbocycles. The van der Waals surface area contributed by atoms with Crippen molar-refractivity contribution in [2.45, 2.75) is 68.5 Å². The molecular formula is C22H25F6N3O3. The van der Waals surface area contributed by atoms with Gasteiger partial charge < -0.3 is 15.4 Å². The van der Waals surface area contributed by atoms with Gasteiger partial charge in [-0.25, -0.2) is 0 Å². The van der Waals surface area contributed by atoms with E-state index in [2.05, 4.69) is 16.0 Å². The van der Waals surface area contributed by atoms with E-state index in [0.29, 0.717) is 57.5 Å². The van der Waals surface area contributed by atoms with E-state index in [1.54, 1.807) is 0 Å². The van der Waals surface area contributed by atoms with Gasteiger partial charge >= 0.3 is 12.4 Å². The van der Waals surface area contributed by atoms with Gasteiger partial charge in [-0.1, -0.05) is 0 Å². The zero-order valence-electron chi connectivity index (χ0n) is 18.1. The first-order valence-electron chi connectivity index (χ1n) is 11.1. The summed E-state index contributed by atoms with van der Waals surface area (Å²) in [6, 6.07) is 1.01. The van der Waals surface area contributed by atoms with Crippen LogP contribution in [0.5, 0.6) is 0 Å². The molecule has 0 aromatic heterocycles. The number of fused-ring (bicyclic) bond motifs is 1. The maximum absolute atomic E-state index is 13.0. The molecule has 0 spiro atoms. The minimum atomic E-state index is -4.98. The van der Waals surface area contributed by atoms with E-state index in [4.69, 9.17) is 4.74 Å². The molecule has 2 heterocycles. The zero-order chi connectivity index (χ0) is 24.7. The third-order valence-electron chi connectivity index (χ3n) is 6.80. The number of amides is 2. The Morgan fingerprint density at radius 3 is 2.18 bits per heavy atom. The number of anilines is 1. The Kier molecular flexibility index (Phi) is 6.58. The van der Waals surface area contributed by atoms with Crippen molar-refractivity contribution in [2.24, 2.45) is 5.92 Å². The van der Waals surface area contributed by atoms with E-state index >= 15 is 0 Å². The summed E-state index contributed by atoms with van der Waals surface area (Å²) >= 11 is 0. The van der Waals surface area contributed by atoms with Crippen LogP contribution in [0, 0.1) is 5.92 Å². The lowest BCUT2D eigenvalue weighted by atomic mass is 9.83. The van der Waals surface area contributed by atoms with Crippen LogP contribution in [0.4, 0.5) is 32.0 Å². The number of carbonyl (C=O) groups is 2. The van der Waals surface area contributed by atoms with Crippen LogP contribution in [-0.2, 0) is 26.7 Å². The van der Waals surface area contributed by atoms with Crippen LogP contribution >= 0.6 is 0 Å². The van der Waals surface area contributed by atoms with Crippen molar-refractivity contribution < 1.29 is 40.7 Å². The van der Waals surface area contributed by atoms with Gasteiger partial charge in [0.2, 0.25) is 11.8 Å². The van der Waals surface area contributed by atoms with Gasteiger partial charge in [-0.05, 0) is 56.2 Å². The van der Waals surface area contributed by atoms with Crippen molar-refractivity contribution in [2.75, 3.05) is 18.5 Å². The third-order valence-corrected chi connectivity index (χ3v) is 6.80. The number of hydrogen-bond donors (Lipinski definition) is 3. The number of hydrogen-bond acceptors (Lipinski definition) is 4. The van der Waals surface area contributed by atoms with Crippen LogP contribution in [0.15, 0.2) is 18.2 Å². The molecule has 34 heavy (non-hydrogen) atoms. The number of ether oxygens (including phenoxy) is 1. The van der Waals surface area contributed by atoms with Crippen LogP contribution in [0.2, 0.25) is 0 Å². The van der Waals surface area contributed by atoms with Crippen LogP contribution < -0.4 is 16.0 Å². The van der Waals surface area contributed by atoms with Gasteiger partial charge in [-0.3, -0.25) is 14.9 Å². The molecule has 0 radical (unpaired) electrons. The maximum Gasteiger partial charge on any atom is 0.416 e. The standard InChI is InChI=1S/C22H25F6N3O3/c23-21(24,25)13-8-14(22(26,27)28)10-16(9-13)29-18(32)7-12-1-3-15(4-2-12)30-19(33)20-5-6-34-11-17(20)31-20/h8-10,12,15,17,31H,1-7,11H2,(H,29,32)(H,30,33). The highest BCUT2D eigenvalue weighted by atomic mass is 19.4. The number of rotatable bonds is 5. The Bertz CT molecular complexity index is 911. The topological polar surface area (TPSA) is 89.4 Å². The van der Waals surface area contributed by atoms with Gasteiger partial charge in [0.05, 0.1) is 23.8 Å². The Balaban J connectivity index is 1.29. The molecule has 3 N–H and O–H groups in total. The highest BCUT2D eigenvalue weighted by Crippen LogP contribution is 2.38. The first kappa shape index (κ1) is 24.8. The van der Waals surface area contributed by atoms with Gasteiger partial charge in [-0.15, -0.1) is 0 Å². The first-order chi connectivity index (χ1) is 15.9. The summed E-state index contributed by atoms with van der Waals surface area (Å²) < 4.78 is 83.3. The maximum atomic E-state index is 13.0. The highest BCUT2D eigenvalue weighted by molar-refractivity contribution is 5.92. The summed E-state index contributed by atoms with van der Waals surface area (Å²) in [7, 11) is 0. The van der Waals surface area contributed by atoms with Crippen molar-refractivity contribution in [3.8, 4) is 0 Å². The second-order valence-corrected chi connectivity index (χ2v) is 9.23. The van der Waals surface area contributed by atoms with Gasteiger partial charge in [0.25, 0.3) is 0 Å². The Morgan fingerprint density at radius 2 is 1.62 bits per heavy atom. The fourth-order valence-corrected chi connectivity index (χ4v) is 4.80. The molecule has 2 atom stereocenters. The smallest absolute Gasteiger partial charge is 0.380 e. The van der Waals surface area contributed by atoms with Crippen molar-refractivity contribution >= 4 is 17.5 Å². The Labute approximate surface area is 191 Å². The molecule has 12 heteroatoms. The van der Waals surface area contributed by atoms with Gasteiger partial charge in [0.1, 0.15) is 5.54 Å². The Morgan fingerprint density at radius 1 is 1.00 bits per heavy atom. The van der Waals surface area contributed by atoms with E-state index in [9.17, 15) is 35.9 Å². The summed E-state index contributed by atoms with van der Waals surface area (Å²) in [5.41, 5.74) is -4.05. The molecule has 0 bridgehead atoms. The minimum absolute atomic E-state index is 0.0184. The number of benzene rings is 1. The molecule has 188 valence electrons. The highest BCUT2D eigenvalue weighted by Gasteiger charge is 2.61. The number of alkyl halides is 6. The van der Waals surface area contributed by atoms with Crippen LogP contribution in [0.1, 0.15) is 49.7 Å². The average Bonchev–Trinajstić information content (AvgIpc) is 3.50. The Hall–Kier alpha value is -2.34. The fourth-order valence-electron chi connectivity index (χ4n) is 4.80. The fraction of sp³-hybridized carbons (Fsp3) is 0.636. The summed E-state index contributed by atoms with van der Waals surface area (Å²) in [5.74, 6) is -0.771. The van der Waals surface area contributed by atoms with Gasteiger partial charge in [0.15, 0.2) is 0 Å². The van der Waals surface area contributed by atoms with Crippen molar-refractivity contribution in [3.63, 3.8) is 0 Å². The normalized spacial score (nSPS) is 29.2. The van der Waals surface area contributed by atoms with E-state index in [0.717, 1.165) is 0 Å². The molecule has 2 aliphatic heterocycles. The lowest BCUT2D eigenvalue weighted by molar-refractivity contribution is -0.143. The number of halogens is 6. The largest absolute Gasteiger partial charge is 0.416 e. The van der Waals surface area contributed by atoms with Gasteiger partial charge in [0, 0.05) is 24.8 Å². The number of carbonyl (C=O) groups excluding carboxylic acids is 2. The SMILES string of the molecule is O=C(CC1CCC(NC(=O)C23CCOCC2N3)CC1)Nc1cc(C(F)(F)F)cc(C(F)(F)F)c1. The zero-order valence-corrected chi connectivity index (χ0v) is 18.1. The molecule has 2 amide bonds. The predicted octanol–water partition coefficient (Wildman–Crippen LogP) is 3.86. The van der Waals surface area contributed by atoms with Crippen molar-refractivity contribution in [3.05, 3.63) is 29.3 Å². The lowest BCUT2D eigenvalue weighted by Crippen LogP contribution is -2.48. The van der Waals surface area contributed by atoms with E-state index in [1.165, 1.54) is 0 Å². The summed E-state index contributed by atoms with van der Waals surface area (Å²) in [6.45, 7) is 1.03. The molecule has 3 fully saturated rings. The quantitative estimate of drug-likeness (QED) is 0.430. The summed E-state index contributed by atoms with van der Waals surface area (Å²) in [6.07, 6.45) is -6.86. The van der Waals surface area contributed by atoms with Crippen LogP contribution in [0.25, 0.3) is 0 Å². The van der Waals surface area contributed by atoms with E-state index in [-0.39, 0.29) is 36.4 Å². The molecule has 3 aliphatic rings. The minimum Gasteiger partial charge on any atom is -0.380 e. The lowest BCUT2D eigenvalue weighted by Gasteiger charge is -2.30. The summed E-state index contributed by atoms with van der Waals surface area (Å²) in [5, 5.41) is 8.42. The van der Waals surface area contributed by atoms with Crippen LogP contribution in [0.3, 0.4) is 0 Å². The number of nitrogens with one attached hydrogen (secondary N) is 3. The van der Waals surface area contributed by atoms with Crippen molar-refractivity contribution in [1.82, 2.24) is 10.6 Å². The average molecular weight is 493 g/mol. The second-order valence-electron chi connectivity index (χ2n) is 9.23. The monoisotopic (exact) mass is 493 g/mol. The molecular weight excluding hydrogens is 468 g/mol. The molecule has 1 saturated carbocycles. The molecule has 6 nitrogen and oxygen atoms in total. The van der Waals surface area contributed by atoms with E-state index in [1.807, 2.05) is 0 Å². The van der Waals surface area contributed by atoms with E-state index < -0.39 is 40.6 Å². The molecule has 4 rings (SSSR count). The third kappa shape index (κ3) is 5.48. The predicted molar refractivity (Wildman–Crippen MR) is 109 cm³/mol. The second kappa shape index (κ2) is 9.03. The van der Waals surface area contributed by atoms with Gasteiger partial charge in [-0.2, -0.15) is 26.3 Å². The summed E-state index contributed by atoms with van der Waals surface area (Å²) in [4.78, 5) is 25.0. The molecule has 2 unspecified atom stereocenters. The van der Waals surface area contributed by atoms with Crippen LogP contribution in [-0.4, -0.2) is 42.7 Å². The first-order valence-corrected chi connectivity index (χ1v) is 11.1. The molecule has 1 aliphatic carbocycles. The van der Waals surface area contributed by atoms with Crippen molar-refractivity contribution in [1.29, 1.82) is 0 Å².